The van der Waals surface area contributed by atoms with Gasteiger partial charge in [0.1, 0.15) is 16.9 Å². The summed E-state index contributed by atoms with van der Waals surface area (Å²) in [4.78, 5) is 23.2. The highest BCUT2D eigenvalue weighted by molar-refractivity contribution is 5.91. The second-order valence-corrected chi connectivity index (χ2v) is 8.19. The van der Waals surface area contributed by atoms with E-state index in [1.807, 2.05) is 46.8 Å². The van der Waals surface area contributed by atoms with Crippen molar-refractivity contribution in [1.82, 2.24) is 0 Å². The van der Waals surface area contributed by atoms with Gasteiger partial charge in [0.05, 0.1) is 5.56 Å². The summed E-state index contributed by atoms with van der Waals surface area (Å²) in [7, 11) is 0. The van der Waals surface area contributed by atoms with Gasteiger partial charge in [0.15, 0.2) is 0 Å². The fourth-order valence-corrected chi connectivity index (χ4v) is 2.91. The number of carbonyl (C=O) groups is 2. The fraction of sp³-hybridized carbons (Fsp3) is 0.364. The highest BCUT2D eigenvalue weighted by Crippen LogP contribution is 2.35. The summed E-state index contributed by atoms with van der Waals surface area (Å²) in [5.41, 5.74) is 1.47. The average Bonchev–Trinajstić information content (AvgIpc) is 2.53. The number of benzene rings is 2. The first kappa shape index (κ1) is 20.5. The molecule has 2 N–H and O–H groups in total. The van der Waals surface area contributed by atoms with Crippen molar-refractivity contribution in [2.24, 2.45) is 0 Å². The normalized spacial score (nSPS) is 11.9. The second kappa shape index (κ2) is 7.06. The van der Waals surface area contributed by atoms with Crippen LogP contribution >= 0.6 is 0 Å². The summed E-state index contributed by atoms with van der Waals surface area (Å²) in [5, 5.41) is 19.0. The molecule has 0 radical (unpaired) electrons. The molecule has 0 saturated heterocycles. The van der Waals surface area contributed by atoms with Crippen LogP contribution in [-0.2, 0) is 5.41 Å². The maximum absolute atomic E-state index is 11.8. The minimum Gasteiger partial charge on any atom is -0.487 e. The van der Waals surface area contributed by atoms with Gasteiger partial charge >= 0.3 is 11.9 Å². The Bertz CT molecular complexity index is 888. The van der Waals surface area contributed by atoms with E-state index in [2.05, 4.69) is 0 Å². The summed E-state index contributed by atoms with van der Waals surface area (Å²) in [6.07, 6.45) is 0. The first-order valence-corrected chi connectivity index (χ1v) is 8.74. The molecule has 2 aromatic rings. The summed E-state index contributed by atoms with van der Waals surface area (Å²) >= 11 is 0. The highest BCUT2D eigenvalue weighted by atomic mass is 16.5. The Balaban J connectivity index is 2.56. The van der Waals surface area contributed by atoms with Crippen molar-refractivity contribution in [2.45, 2.75) is 52.6 Å². The van der Waals surface area contributed by atoms with Crippen molar-refractivity contribution < 1.29 is 24.5 Å². The van der Waals surface area contributed by atoms with Crippen LogP contribution in [0, 0.1) is 6.92 Å². The highest BCUT2D eigenvalue weighted by Gasteiger charge is 2.27. The monoisotopic (exact) mass is 370 g/mol. The van der Waals surface area contributed by atoms with Crippen molar-refractivity contribution in [2.75, 3.05) is 0 Å². The molecule has 0 spiro atoms. The molecule has 0 unspecified atom stereocenters. The predicted octanol–water partition coefficient (Wildman–Crippen LogP) is 4.89. The van der Waals surface area contributed by atoms with Gasteiger partial charge < -0.3 is 14.9 Å². The summed E-state index contributed by atoms with van der Waals surface area (Å²) < 4.78 is 5.78. The van der Waals surface area contributed by atoms with Gasteiger partial charge in [-0.1, -0.05) is 32.0 Å². The van der Waals surface area contributed by atoms with Gasteiger partial charge in [-0.15, -0.1) is 0 Å². The third-order valence-electron chi connectivity index (χ3n) is 4.54. The molecule has 0 fully saturated rings. The summed E-state index contributed by atoms with van der Waals surface area (Å²) in [5.74, 6) is -1.74. The molecular formula is C22H26O5. The zero-order chi connectivity index (χ0) is 20.6. The van der Waals surface area contributed by atoms with Crippen molar-refractivity contribution in [1.29, 1.82) is 0 Å². The second-order valence-electron chi connectivity index (χ2n) is 8.19. The largest absolute Gasteiger partial charge is 0.487 e. The maximum atomic E-state index is 11.8. The van der Waals surface area contributed by atoms with Crippen LogP contribution in [0.5, 0.6) is 5.75 Å². The van der Waals surface area contributed by atoms with E-state index in [1.54, 1.807) is 31.2 Å². The Morgan fingerprint density at radius 3 is 1.78 bits per heavy atom. The Labute approximate surface area is 159 Å². The zero-order valence-corrected chi connectivity index (χ0v) is 16.6. The molecule has 0 saturated carbocycles. The van der Waals surface area contributed by atoms with E-state index in [0.29, 0.717) is 11.3 Å². The number of ether oxygens (including phenoxy) is 1. The van der Waals surface area contributed by atoms with Crippen LogP contribution < -0.4 is 4.74 Å². The zero-order valence-electron chi connectivity index (χ0n) is 16.6. The first-order valence-electron chi connectivity index (χ1n) is 8.74. The lowest BCUT2D eigenvalue weighted by molar-refractivity contribution is 0.0674. The van der Waals surface area contributed by atoms with Gasteiger partial charge in [-0.2, -0.15) is 0 Å². The lowest BCUT2D eigenvalue weighted by Gasteiger charge is -2.28. The quantitative estimate of drug-likeness (QED) is 0.782. The van der Waals surface area contributed by atoms with E-state index < -0.39 is 23.0 Å². The number of hydrogen-bond donors (Lipinski definition) is 2. The third kappa shape index (κ3) is 4.48. The molecule has 0 aliphatic rings. The van der Waals surface area contributed by atoms with E-state index in [0.717, 1.165) is 11.1 Å². The van der Waals surface area contributed by atoms with Gasteiger partial charge in [-0.3, -0.25) is 0 Å². The molecule has 5 nitrogen and oxygen atoms in total. The van der Waals surface area contributed by atoms with Crippen molar-refractivity contribution in [3.8, 4) is 5.75 Å². The molecule has 144 valence electrons. The van der Waals surface area contributed by atoms with E-state index in [9.17, 15) is 19.8 Å². The van der Waals surface area contributed by atoms with Crippen molar-refractivity contribution in [3.05, 3.63) is 64.2 Å². The molecule has 0 heterocycles. The van der Waals surface area contributed by atoms with Crippen LogP contribution in [0.4, 0.5) is 0 Å². The van der Waals surface area contributed by atoms with Gasteiger partial charge in [0.2, 0.25) is 0 Å². The van der Waals surface area contributed by atoms with E-state index in [4.69, 9.17) is 4.74 Å². The molecule has 2 rings (SSSR count). The maximum Gasteiger partial charge on any atom is 0.339 e. The molecular weight excluding hydrogens is 344 g/mol. The number of carboxylic acid groups (broad SMARTS) is 2. The van der Waals surface area contributed by atoms with Crippen LogP contribution in [0.25, 0.3) is 0 Å². The molecule has 27 heavy (non-hydrogen) atoms. The molecule has 0 atom stereocenters. The summed E-state index contributed by atoms with van der Waals surface area (Å²) in [6, 6.07) is 10.4. The topological polar surface area (TPSA) is 83.8 Å². The molecule has 0 aliphatic carbocycles. The Kier molecular flexibility index (Phi) is 5.36. The van der Waals surface area contributed by atoms with Crippen molar-refractivity contribution in [3.63, 3.8) is 0 Å². The molecule has 0 bridgehead atoms. The number of aromatic carboxylic acids is 2. The van der Waals surface area contributed by atoms with Gasteiger partial charge in [-0.25, -0.2) is 9.59 Å². The number of hydrogen-bond acceptors (Lipinski definition) is 3. The number of aryl methyl sites for hydroxylation is 1. The SMILES string of the molecule is Cc1ccc(C(C)(C)c2ccc(OC(C)(C)C)c(C(=O)O)c2)cc1C(=O)O. The molecule has 0 amide bonds. The van der Waals surface area contributed by atoms with Gasteiger partial charge in [-0.05, 0) is 62.6 Å². The van der Waals surface area contributed by atoms with Gasteiger partial charge in [0.25, 0.3) is 0 Å². The Morgan fingerprint density at radius 2 is 1.30 bits per heavy atom. The molecule has 5 heteroatoms. The molecule has 0 aliphatic heterocycles. The van der Waals surface area contributed by atoms with Crippen LogP contribution in [0.2, 0.25) is 0 Å². The number of rotatable bonds is 5. The number of carboxylic acids is 2. The molecule has 0 aromatic heterocycles. The summed E-state index contributed by atoms with van der Waals surface area (Å²) in [6.45, 7) is 11.2. The fourth-order valence-electron chi connectivity index (χ4n) is 2.91. The van der Waals surface area contributed by atoms with Crippen LogP contribution in [0.15, 0.2) is 36.4 Å². The van der Waals surface area contributed by atoms with E-state index >= 15 is 0 Å². The van der Waals surface area contributed by atoms with Gasteiger partial charge in [0, 0.05) is 5.41 Å². The smallest absolute Gasteiger partial charge is 0.339 e. The molecule has 2 aromatic carbocycles. The van der Waals surface area contributed by atoms with Crippen LogP contribution in [0.1, 0.15) is 72.0 Å². The van der Waals surface area contributed by atoms with Crippen LogP contribution in [0.3, 0.4) is 0 Å². The van der Waals surface area contributed by atoms with E-state index in [-0.39, 0.29) is 11.1 Å². The Hall–Kier alpha value is -2.82. The van der Waals surface area contributed by atoms with Crippen molar-refractivity contribution >= 4 is 11.9 Å². The minimum absolute atomic E-state index is 0.0843. The average molecular weight is 370 g/mol. The lowest BCUT2D eigenvalue weighted by atomic mass is 9.76. The predicted molar refractivity (Wildman–Crippen MR) is 104 cm³/mol. The first-order chi connectivity index (χ1) is 12.3. The minimum atomic E-state index is -1.07. The van der Waals surface area contributed by atoms with Crippen LogP contribution in [-0.4, -0.2) is 27.8 Å². The lowest BCUT2D eigenvalue weighted by Crippen LogP contribution is -2.25. The van der Waals surface area contributed by atoms with E-state index in [1.165, 1.54) is 0 Å². The third-order valence-corrected chi connectivity index (χ3v) is 4.54. The standard InChI is InChI=1S/C22H26O5/c1-13-7-8-14(11-16(13)19(23)24)22(5,6)15-9-10-18(27-21(2,3)4)17(12-15)20(25)26/h7-12H,1-6H3,(H,23,24)(H,25,26). The Morgan fingerprint density at radius 1 is 0.815 bits per heavy atom.